The number of benzene rings is 2. The highest BCUT2D eigenvalue weighted by molar-refractivity contribution is 9.10. The number of hydrogen-bond acceptors (Lipinski definition) is 2. The van der Waals surface area contributed by atoms with Gasteiger partial charge in [0, 0.05) is 16.6 Å². The first-order valence-electron chi connectivity index (χ1n) is 5.12. The second kappa shape index (κ2) is 5.33. The molecule has 0 fully saturated rings. The summed E-state index contributed by atoms with van der Waals surface area (Å²) in [7, 11) is 0. The molecule has 0 aromatic heterocycles. The number of nitriles is 1. The van der Waals surface area contributed by atoms with Crippen LogP contribution >= 0.6 is 15.9 Å². The molecule has 6 heteroatoms. The van der Waals surface area contributed by atoms with Crippen molar-refractivity contribution in [2.75, 3.05) is 5.32 Å². The van der Waals surface area contributed by atoms with Crippen molar-refractivity contribution in [1.29, 1.82) is 5.26 Å². The molecule has 0 amide bonds. The Labute approximate surface area is 115 Å². The highest BCUT2D eigenvalue weighted by atomic mass is 79.9. The van der Waals surface area contributed by atoms with Gasteiger partial charge in [0.05, 0.1) is 16.9 Å². The smallest absolute Gasteiger partial charge is 0.161 e. The maximum Gasteiger partial charge on any atom is 0.161 e. The van der Waals surface area contributed by atoms with Crippen LogP contribution in [-0.2, 0) is 0 Å². The predicted molar refractivity (Wildman–Crippen MR) is 68.5 cm³/mol. The average molecular weight is 327 g/mol. The first-order valence-corrected chi connectivity index (χ1v) is 5.92. The van der Waals surface area contributed by atoms with Crippen molar-refractivity contribution in [3.8, 4) is 6.07 Å². The molecule has 0 bridgehead atoms. The van der Waals surface area contributed by atoms with E-state index in [-0.39, 0.29) is 11.3 Å². The summed E-state index contributed by atoms with van der Waals surface area (Å²) < 4.78 is 40.0. The lowest BCUT2D eigenvalue weighted by Crippen LogP contribution is -1.99. The molecule has 0 spiro atoms. The molecule has 0 saturated carbocycles. The van der Waals surface area contributed by atoms with Crippen molar-refractivity contribution < 1.29 is 13.2 Å². The van der Waals surface area contributed by atoms with Gasteiger partial charge in [-0.2, -0.15) is 5.26 Å². The summed E-state index contributed by atoms with van der Waals surface area (Å²) in [6.45, 7) is 0. The molecule has 0 aliphatic heterocycles. The summed E-state index contributed by atoms with van der Waals surface area (Å²) in [6.07, 6.45) is 0. The van der Waals surface area contributed by atoms with Crippen LogP contribution in [-0.4, -0.2) is 0 Å². The first kappa shape index (κ1) is 13.4. The molecule has 96 valence electrons. The van der Waals surface area contributed by atoms with Crippen molar-refractivity contribution in [3.05, 3.63) is 57.8 Å². The van der Waals surface area contributed by atoms with Crippen molar-refractivity contribution in [2.24, 2.45) is 0 Å². The normalized spacial score (nSPS) is 10.1. The van der Waals surface area contributed by atoms with E-state index in [2.05, 4.69) is 21.2 Å². The molecule has 0 aliphatic rings. The number of anilines is 2. The summed E-state index contributed by atoms with van der Waals surface area (Å²) in [4.78, 5) is 0. The lowest BCUT2D eigenvalue weighted by atomic mass is 10.2. The third-order valence-corrected chi connectivity index (χ3v) is 2.87. The second-order valence-corrected chi connectivity index (χ2v) is 4.59. The van der Waals surface area contributed by atoms with Crippen LogP contribution in [0, 0.1) is 28.8 Å². The average Bonchev–Trinajstić information content (AvgIpc) is 2.37. The molecule has 0 aliphatic carbocycles. The Kier molecular flexibility index (Phi) is 3.76. The van der Waals surface area contributed by atoms with Crippen LogP contribution in [0.5, 0.6) is 0 Å². The molecule has 2 nitrogen and oxygen atoms in total. The molecule has 0 atom stereocenters. The number of hydrogen-bond donors (Lipinski definition) is 1. The van der Waals surface area contributed by atoms with Gasteiger partial charge in [0.2, 0.25) is 0 Å². The van der Waals surface area contributed by atoms with Gasteiger partial charge in [0.25, 0.3) is 0 Å². The Morgan fingerprint density at radius 1 is 0.947 bits per heavy atom. The van der Waals surface area contributed by atoms with E-state index in [1.54, 1.807) is 6.07 Å². The minimum Gasteiger partial charge on any atom is -0.352 e. The SMILES string of the molecule is N#Cc1cc(Br)ccc1Nc1cc(F)c(F)cc1F. The fourth-order valence-corrected chi connectivity index (χ4v) is 1.84. The third-order valence-electron chi connectivity index (χ3n) is 2.38. The van der Waals surface area contributed by atoms with Crippen LogP contribution in [0.15, 0.2) is 34.8 Å². The number of rotatable bonds is 2. The van der Waals surface area contributed by atoms with Crippen LogP contribution in [0.4, 0.5) is 24.5 Å². The van der Waals surface area contributed by atoms with Crippen molar-refractivity contribution in [1.82, 2.24) is 0 Å². The van der Waals surface area contributed by atoms with Gasteiger partial charge in [0.15, 0.2) is 11.6 Å². The van der Waals surface area contributed by atoms with Crippen molar-refractivity contribution in [2.45, 2.75) is 0 Å². The minimum atomic E-state index is -1.26. The van der Waals surface area contributed by atoms with E-state index in [4.69, 9.17) is 5.26 Å². The molecule has 0 radical (unpaired) electrons. The summed E-state index contributed by atoms with van der Waals surface area (Å²) in [5, 5.41) is 11.5. The van der Waals surface area contributed by atoms with Crippen molar-refractivity contribution >= 4 is 27.3 Å². The lowest BCUT2D eigenvalue weighted by Gasteiger charge is -2.10. The summed E-state index contributed by atoms with van der Waals surface area (Å²) in [6, 6.07) is 7.77. The quantitative estimate of drug-likeness (QED) is 0.826. The molecular weight excluding hydrogens is 321 g/mol. The predicted octanol–water partition coefficient (Wildman–Crippen LogP) is 4.48. The van der Waals surface area contributed by atoms with Gasteiger partial charge in [-0.05, 0) is 18.2 Å². The molecule has 19 heavy (non-hydrogen) atoms. The Morgan fingerprint density at radius 3 is 2.32 bits per heavy atom. The first-order chi connectivity index (χ1) is 9.01. The minimum absolute atomic E-state index is 0.238. The standard InChI is InChI=1S/C13H6BrF3N2/c14-8-1-2-12(7(3-8)6-18)19-13-5-10(16)9(15)4-11(13)17/h1-5,19H. The van der Waals surface area contributed by atoms with Gasteiger partial charge < -0.3 is 5.32 Å². The van der Waals surface area contributed by atoms with Gasteiger partial charge in [-0.3, -0.25) is 0 Å². The topological polar surface area (TPSA) is 35.8 Å². The van der Waals surface area contributed by atoms with E-state index in [9.17, 15) is 13.2 Å². The van der Waals surface area contributed by atoms with Crippen LogP contribution < -0.4 is 5.32 Å². The van der Waals surface area contributed by atoms with Gasteiger partial charge in [0.1, 0.15) is 11.9 Å². The van der Waals surface area contributed by atoms with E-state index >= 15 is 0 Å². The van der Waals surface area contributed by atoms with Gasteiger partial charge in [-0.15, -0.1) is 0 Å². The van der Waals surface area contributed by atoms with Gasteiger partial charge >= 0.3 is 0 Å². The van der Waals surface area contributed by atoms with Crippen LogP contribution in [0.25, 0.3) is 0 Å². The Morgan fingerprint density at radius 2 is 1.63 bits per heavy atom. The van der Waals surface area contributed by atoms with Gasteiger partial charge in [-0.1, -0.05) is 15.9 Å². The maximum absolute atomic E-state index is 13.5. The second-order valence-electron chi connectivity index (χ2n) is 3.67. The molecule has 2 aromatic rings. The largest absolute Gasteiger partial charge is 0.352 e. The zero-order valence-electron chi connectivity index (χ0n) is 9.35. The lowest BCUT2D eigenvalue weighted by molar-refractivity contribution is 0.496. The summed E-state index contributed by atoms with van der Waals surface area (Å²) in [5.74, 6) is -3.37. The van der Waals surface area contributed by atoms with Crippen LogP contribution in [0.2, 0.25) is 0 Å². The molecule has 0 heterocycles. The van der Waals surface area contributed by atoms with Gasteiger partial charge in [-0.25, -0.2) is 13.2 Å². The number of halogens is 4. The van der Waals surface area contributed by atoms with Crippen molar-refractivity contribution in [3.63, 3.8) is 0 Å². The Balaban J connectivity index is 2.42. The fraction of sp³-hybridized carbons (Fsp3) is 0. The Bertz CT molecular complexity index is 680. The highest BCUT2D eigenvalue weighted by Crippen LogP contribution is 2.26. The Hall–Kier alpha value is -2.00. The molecular formula is C13H6BrF3N2. The summed E-state index contributed by atoms with van der Waals surface area (Å²) in [5.41, 5.74) is 0.312. The molecule has 0 saturated heterocycles. The van der Waals surface area contributed by atoms with E-state index in [0.29, 0.717) is 22.3 Å². The monoisotopic (exact) mass is 326 g/mol. The molecule has 0 unspecified atom stereocenters. The highest BCUT2D eigenvalue weighted by Gasteiger charge is 2.11. The fourth-order valence-electron chi connectivity index (χ4n) is 1.48. The van der Waals surface area contributed by atoms with Crippen LogP contribution in [0.1, 0.15) is 5.56 Å². The zero-order chi connectivity index (χ0) is 14.0. The molecule has 2 rings (SSSR count). The summed E-state index contributed by atoms with van der Waals surface area (Å²) >= 11 is 3.20. The molecule has 1 N–H and O–H groups in total. The van der Waals surface area contributed by atoms with E-state index in [1.165, 1.54) is 12.1 Å². The molecule has 2 aromatic carbocycles. The van der Waals surface area contributed by atoms with Crippen LogP contribution in [0.3, 0.4) is 0 Å². The van der Waals surface area contributed by atoms with E-state index < -0.39 is 17.5 Å². The van der Waals surface area contributed by atoms with E-state index in [1.807, 2.05) is 6.07 Å². The van der Waals surface area contributed by atoms with E-state index in [0.717, 1.165) is 0 Å². The number of nitrogens with zero attached hydrogens (tertiary/aromatic N) is 1. The third kappa shape index (κ3) is 2.88. The number of nitrogens with one attached hydrogen (secondary N) is 1. The maximum atomic E-state index is 13.5. The zero-order valence-corrected chi connectivity index (χ0v) is 10.9.